The molecule has 0 fully saturated rings. The van der Waals surface area contributed by atoms with Crippen LogP contribution in [0, 0.1) is 11.3 Å². The minimum absolute atomic E-state index is 0.382. The predicted octanol–water partition coefficient (Wildman–Crippen LogP) is 4.44. The molecular formula is C19H15N3O2S. The van der Waals surface area contributed by atoms with Crippen LogP contribution in [0.5, 0.6) is 17.4 Å². The van der Waals surface area contributed by atoms with Crippen molar-refractivity contribution in [2.45, 2.75) is 11.8 Å². The van der Waals surface area contributed by atoms with Gasteiger partial charge in [-0.25, -0.2) is 4.98 Å². The average Bonchev–Trinajstić information content (AvgIpc) is 2.68. The third-order valence-electron chi connectivity index (χ3n) is 3.31. The normalized spacial score (nSPS) is 10.1. The van der Waals surface area contributed by atoms with Crippen molar-refractivity contribution in [1.29, 1.82) is 5.26 Å². The van der Waals surface area contributed by atoms with E-state index in [1.807, 2.05) is 36.6 Å². The molecule has 0 bridgehead atoms. The lowest BCUT2D eigenvalue weighted by atomic mass is 10.2. The van der Waals surface area contributed by atoms with Crippen LogP contribution in [0.2, 0.25) is 0 Å². The van der Waals surface area contributed by atoms with Gasteiger partial charge in [-0.1, -0.05) is 42.1 Å². The number of nitriles is 1. The number of ether oxygens (including phenoxy) is 2. The van der Waals surface area contributed by atoms with Gasteiger partial charge < -0.3 is 9.47 Å². The Balaban J connectivity index is 1.81. The molecule has 0 saturated heterocycles. The maximum absolute atomic E-state index is 8.87. The van der Waals surface area contributed by atoms with Crippen LogP contribution in [0.3, 0.4) is 0 Å². The number of rotatable bonds is 6. The summed E-state index contributed by atoms with van der Waals surface area (Å²) in [5.74, 6) is 1.40. The molecule has 3 aromatic rings. The van der Waals surface area contributed by atoms with Crippen molar-refractivity contribution in [2.24, 2.45) is 0 Å². The number of nitrogens with zero attached hydrogens (tertiary/aromatic N) is 3. The maximum atomic E-state index is 8.87. The van der Waals surface area contributed by atoms with Gasteiger partial charge in [0.05, 0.1) is 17.8 Å². The Morgan fingerprint density at radius 2 is 1.84 bits per heavy atom. The lowest BCUT2D eigenvalue weighted by Crippen LogP contribution is -2.01. The Bertz CT molecular complexity index is 877. The van der Waals surface area contributed by atoms with E-state index in [4.69, 9.17) is 14.7 Å². The molecule has 0 aliphatic rings. The number of hydrogen-bond donors (Lipinski definition) is 0. The maximum Gasteiger partial charge on any atom is 0.262 e. The summed E-state index contributed by atoms with van der Waals surface area (Å²) in [6.45, 7) is 0.384. The van der Waals surface area contributed by atoms with E-state index in [9.17, 15) is 0 Å². The SMILES string of the molecule is CSc1ncc(Oc2ccc(C#N)cc2)c(OCc2ccccc2)n1. The zero-order chi connectivity index (χ0) is 17.5. The molecule has 25 heavy (non-hydrogen) atoms. The number of hydrogen-bond acceptors (Lipinski definition) is 6. The third-order valence-corrected chi connectivity index (χ3v) is 3.87. The van der Waals surface area contributed by atoms with Gasteiger partial charge in [0, 0.05) is 0 Å². The highest BCUT2D eigenvalue weighted by Gasteiger charge is 2.11. The fourth-order valence-electron chi connectivity index (χ4n) is 2.06. The molecule has 3 rings (SSSR count). The molecule has 1 heterocycles. The molecule has 0 spiro atoms. The predicted molar refractivity (Wildman–Crippen MR) is 95.8 cm³/mol. The van der Waals surface area contributed by atoms with Crippen LogP contribution in [0.1, 0.15) is 11.1 Å². The van der Waals surface area contributed by atoms with E-state index in [2.05, 4.69) is 16.0 Å². The third kappa shape index (κ3) is 4.49. The zero-order valence-electron chi connectivity index (χ0n) is 13.5. The number of thioether (sulfide) groups is 1. The van der Waals surface area contributed by atoms with E-state index in [1.165, 1.54) is 11.8 Å². The van der Waals surface area contributed by atoms with Crippen molar-refractivity contribution in [2.75, 3.05) is 6.26 Å². The minimum atomic E-state index is 0.382. The van der Waals surface area contributed by atoms with Crippen LogP contribution in [0.25, 0.3) is 0 Å². The van der Waals surface area contributed by atoms with Gasteiger partial charge in [-0.05, 0) is 36.1 Å². The van der Waals surface area contributed by atoms with Gasteiger partial charge in [0.25, 0.3) is 5.88 Å². The van der Waals surface area contributed by atoms with Gasteiger partial charge in [-0.3, -0.25) is 0 Å². The summed E-state index contributed by atoms with van der Waals surface area (Å²) in [4.78, 5) is 8.63. The van der Waals surface area contributed by atoms with Gasteiger partial charge in [0.1, 0.15) is 12.4 Å². The second-order valence-corrected chi connectivity index (χ2v) is 5.81. The summed E-state index contributed by atoms with van der Waals surface area (Å²) < 4.78 is 11.7. The average molecular weight is 349 g/mol. The van der Waals surface area contributed by atoms with E-state index in [0.717, 1.165) is 5.56 Å². The molecule has 0 N–H and O–H groups in total. The van der Waals surface area contributed by atoms with Crippen LogP contribution < -0.4 is 9.47 Å². The lowest BCUT2D eigenvalue weighted by Gasteiger charge is -2.12. The van der Waals surface area contributed by atoms with Crippen molar-refractivity contribution >= 4 is 11.8 Å². The lowest BCUT2D eigenvalue weighted by molar-refractivity contribution is 0.275. The molecule has 0 unspecified atom stereocenters. The van der Waals surface area contributed by atoms with Gasteiger partial charge in [0.2, 0.25) is 5.75 Å². The molecule has 6 heteroatoms. The van der Waals surface area contributed by atoms with Crippen LogP contribution in [-0.2, 0) is 6.61 Å². The van der Waals surface area contributed by atoms with Crippen molar-refractivity contribution in [3.8, 4) is 23.4 Å². The Labute approximate surface area is 150 Å². The summed E-state index contributed by atoms with van der Waals surface area (Å²) in [6, 6.07) is 18.7. The Morgan fingerprint density at radius 1 is 1.08 bits per heavy atom. The standard InChI is InChI=1S/C19H15N3O2S/c1-25-19-21-12-17(24-16-9-7-14(11-20)8-10-16)18(22-19)23-13-15-5-3-2-4-6-15/h2-10,12H,13H2,1H3. The monoisotopic (exact) mass is 349 g/mol. The van der Waals surface area contributed by atoms with Gasteiger partial charge in [-0.15, -0.1) is 0 Å². The van der Waals surface area contributed by atoms with Crippen LogP contribution in [0.4, 0.5) is 0 Å². The van der Waals surface area contributed by atoms with Gasteiger partial charge >= 0.3 is 0 Å². The summed E-state index contributed by atoms with van der Waals surface area (Å²) in [6.07, 6.45) is 3.49. The quantitative estimate of drug-likeness (QED) is 0.484. The molecule has 0 radical (unpaired) electrons. The Hall–Kier alpha value is -3.04. The van der Waals surface area contributed by atoms with E-state index >= 15 is 0 Å². The highest BCUT2D eigenvalue weighted by molar-refractivity contribution is 7.98. The molecule has 0 atom stereocenters. The first kappa shape index (κ1) is 16.8. The van der Waals surface area contributed by atoms with E-state index in [1.54, 1.807) is 30.5 Å². The van der Waals surface area contributed by atoms with E-state index in [0.29, 0.717) is 34.7 Å². The molecule has 2 aromatic carbocycles. The first-order chi connectivity index (χ1) is 12.3. The minimum Gasteiger partial charge on any atom is -0.470 e. The number of benzene rings is 2. The van der Waals surface area contributed by atoms with Crippen molar-refractivity contribution in [3.63, 3.8) is 0 Å². The fourth-order valence-corrected chi connectivity index (χ4v) is 2.39. The second-order valence-electron chi connectivity index (χ2n) is 5.04. The van der Waals surface area contributed by atoms with E-state index in [-0.39, 0.29) is 0 Å². The zero-order valence-corrected chi connectivity index (χ0v) is 14.4. The van der Waals surface area contributed by atoms with Crippen LogP contribution >= 0.6 is 11.8 Å². The van der Waals surface area contributed by atoms with Gasteiger partial charge in [0.15, 0.2) is 5.16 Å². The smallest absolute Gasteiger partial charge is 0.262 e. The first-order valence-electron chi connectivity index (χ1n) is 7.54. The van der Waals surface area contributed by atoms with Gasteiger partial charge in [-0.2, -0.15) is 10.2 Å². The molecule has 0 aliphatic carbocycles. The van der Waals surface area contributed by atoms with E-state index < -0.39 is 0 Å². The Morgan fingerprint density at radius 3 is 2.52 bits per heavy atom. The molecular weight excluding hydrogens is 334 g/mol. The molecule has 0 aliphatic heterocycles. The highest BCUT2D eigenvalue weighted by Crippen LogP contribution is 2.31. The molecule has 0 saturated carbocycles. The highest BCUT2D eigenvalue weighted by atomic mass is 32.2. The van der Waals surface area contributed by atoms with Crippen molar-refractivity contribution in [3.05, 3.63) is 71.9 Å². The summed E-state index contributed by atoms with van der Waals surface area (Å²) in [7, 11) is 0. The topological polar surface area (TPSA) is 68.0 Å². The molecule has 5 nitrogen and oxygen atoms in total. The molecule has 0 amide bonds. The summed E-state index contributed by atoms with van der Waals surface area (Å²) >= 11 is 1.43. The first-order valence-corrected chi connectivity index (χ1v) is 8.77. The van der Waals surface area contributed by atoms with Crippen molar-refractivity contribution in [1.82, 2.24) is 9.97 Å². The second kappa shape index (κ2) is 8.18. The molecule has 1 aromatic heterocycles. The molecule has 124 valence electrons. The van der Waals surface area contributed by atoms with Crippen LogP contribution in [-0.4, -0.2) is 16.2 Å². The summed E-state index contributed by atoms with van der Waals surface area (Å²) in [5, 5.41) is 9.47. The van der Waals surface area contributed by atoms with Crippen molar-refractivity contribution < 1.29 is 9.47 Å². The summed E-state index contributed by atoms with van der Waals surface area (Å²) in [5.41, 5.74) is 1.61. The number of aromatic nitrogens is 2. The largest absolute Gasteiger partial charge is 0.470 e. The van der Waals surface area contributed by atoms with Crippen LogP contribution in [0.15, 0.2) is 66.0 Å². The fraction of sp³-hybridized carbons (Fsp3) is 0.105. The Kier molecular flexibility index (Phi) is 5.50.